The van der Waals surface area contributed by atoms with Crippen LogP contribution in [0.25, 0.3) is 0 Å². The summed E-state index contributed by atoms with van der Waals surface area (Å²) in [5.74, 6) is 0.684. The summed E-state index contributed by atoms with van der Waals surface area (Å²) in [6.07, 6.45) is 3.41. The van der Waals surface area contributed by atoms with Gasteiger partial charge in [0.25, 0.3) is 5.91 Å². The highest BCUT2D eigenvalue weighted by Gasteiger charge is 2.14. The highest BCUT2D eigenvalue weighted by atomic mass is 35.5. The molecule has 126 valence electrons. The number of aromatic nitrogens is 2. The van der Waals surface area contributed by atoms with Gasteiger partial charge in [-0.25, -0.2) is 9.97 Å². The fourth-order valence-corrected chi connectivity index (χ4v) is 2.94. The van der Waals surface area contributed by atoms with Crippen molar-refractivity contribution < 1.29 is 4.79 Å². The third kappa shape index (κ3) is 4.01. The van der Waals surface area contributed by atoms with Crippen molar-refractivity contribution in [2.24, 2.45) is 0 Å². The molecule has 3 rings (SSSR count). The summed E-state index contributed by atoms with van der Waals surface area (Å²) >= 11 is 6.02. The lowest BCUT2D eigenvalue weighted by Gasteiger charge is -2.12. The number of carbonyl (C=O) groups is 1. The Morgan fingerprint density at radius 3 is 2.88 bits per heavy atom. The fraction of sp³-hybridized carbons (Fsp3) is 0.353. The molecule has 2 heterocycles. The van der Waals surface area contributed by atoms with Crippen LogP contribution in [0.5, 0.6) is 0 Å². The molecule has 0 fully saturated rings. The molecule has 2 aromatic rings. The first-order valence-corrected chi connectivity index (χ1v) is 8.43. The molecule has 0 atom stereocenters. The lowest BCUT2D eigenvalue weighted by atomic mass is 10.1. The molecule has 6 nitrogen and oxygen atoms in total. The first kappa shape index (κ1) is 16.7. The van der Waals surface area contributed by atoms with Gasteiger partial charge in [0.15, 0.2) is 0 Å². The first-order valence-electron chi connectivity index (χ1n) is 8.06. The Morgan fingerprint density at radius 1 is 1.17 bits per heavy atom. The lowest BCUT2D eigenvalue weighted by Crippen LogP contribution is -2.29. The number of fused-ring (bicyclic) bond motifs is 1. The second-order valence-corrected chi connectivity index (χ2v) is 5.97. The van der Waals surface area contributed by atoms with Crippen LogP contribution >= 0.6 is 11.6 Å². The van der Waals surface area contributed by atoms with Crippen LogP contribution in [0.3, 0.4) is 0 Å². The molecule has 0 aliphatic carbocycles. The van der Waals surface area contributed by atoms with Gasteiger partial charge >= 0.3 is 0 Å². The fourth-order valence-electron chi connectivity index (χ4n) is 2.72. The van der Waals surface area contributed by atoms with Gasteiger partial charge in [0.05, 0.1) is 16.3 Å². The van der Waals surface area contributed by atoms with Crippen LogP contribution < -0.4 is 16.0 Å². The zero-order chi connectivity index (χ0) is 16.8. The number of anilines is 1. The Balaban J connectivity index is 1.54. The molecule has 0 unspecified atom stereocenters. The molecule has 0 bridgehead atoms. The summed E-state index contributed by atoms with van der Waals surface area (Å²) in [5.41, 5.74) is 2.75. The Labute approximate surface area is 146 Å². The molecule has 24 heavy (non-hydrogen) atoms. The number of hydrogen-bond donors (Lipinski definition) is 3. The van der Waals surface area contributed by atoms with Crippen molar-refractivity contribution in [3.05, 3.63) is 52.4 Å². The maximum Gasteiger partial charge on any atom is 0.252 e. The highest BCUT2D eigenvalue weighted by molar-refractivity contribution is 6.33. The van der Waals surface area contributed by atoms with Gasteiger partial charge < -0.3 is 16.0 Å². The Bertz CT molecular complexity index is 722. The number of halogens is 1. The Morgan fingerprint density at radius 2 is 2.00 bits per heavy atom. The Kier molecular flexibility index (Phi) is 5.61. The van der Waals surface area contributed by atoms with E-state index in [0.29, 0.717) is 23.7 Å². The van der Waals surface area contributed by atoms with Crippen molar-refractivity contribution in [3.63, 3.8) is 0 Å². The summed E-state index contributed by atoms with van der Waals surface area (Å²) < 4.78 is 0. The van der Waals surface area contributed by atoms with E-state index in [-0.39, 0.29) is 5.91 Å². The van der Waals surface area contributed by atoms with Crippen LogP contribution in [0.2, 0.25) is 5.02 Å². The topological polar surface area (TPSA) is 78.9 Å². The van der Waals surface area contributed by atoms with Crippen molar-refractivity contribution >= 4 is 23.3 Å². The lowest BCUT2D eigenvalue weighted by molar-refractivity contribution is 0.0955. The van der Waals surface area contributed by atoms with Crippen molar-refractivity contribution in [2.45, 2.75) is 12.8 Å². The Hall–Kier alpha value is -2.18. The van der Waals surface area contributed by atoms with Crippen molar-refractivity contribution in [2.75, 3.05) is 31.5 Å². The average molecular weight is 346 g/mol. The summed E-state index contributed by atoms with van der Waals surface area (Å²) in [5, 5.41) is 9.97. The van der Waals surface area contributed by atoms with E-state index in [0.717, 1.165) is 37.4 Å². The van der Waals surface area contributed by atoms with Crippen LogP contribution in [-0.4, -0.2) is 42.1 Å². The van der Waals surface area contributed by atoms with Gasteiger partial charge in [-0.05, 0) is 25.1 Å². The molecule has 1 amide bonds. The molecule has 3 N–H and O–H groups in total. The zero-order valence-electron chi connectivity index (χ0n) is 13.3. The monoisotopic (exact) mass is 345 g/mol. The van der Waals surface area contributed by atoms with Gasteiger partial charge in [0.2, 0.25) is 0 Å². The van der Waals surface area contributed by atoms with E-state index in [1.165, 1.54) is 5.56 Å². The van der Waals surface area contributed by atoms with Crippen LogP contribution in [-0.2, 0) is 12.8 Å². The highest BCUT2D eigenvalue weighted by Crippen LogP contribution is 2.18. The number of hydrogen-bond acceptors (Lipinski definition) is 5. The van der Waals surface area contributed by atoms with E-state index in [1.807, 2.05) is 0 Å². The summed E-state index contributed by atoms with van der Waals surface area (Å²) in [6, 6.07) is 7.01. The van der Waals surface area contributed by atoms with Gasteiger partial charge in [-0.3, -0.25) is 4.79 Å². The van der Waals surface area contributed by atoms with E-state index in [4.69, 9.17) is 11.6 Å². The molecule has 0 spiro atoms. The van der Waals surface area contributed by atoms with Crippen molar-refractivity contribution in [1.82, 2.24) is 20.6 Å². The molecular formula is C17H20ClN5O. The quantitative estimate of drug-likeness (QED) is 0.718. The van der Waals surface area contributed by atoms with Crippen LogP contribution in [0, 0.1) is 0 Å². The number of amides is 1. The smallest absolute Gasteiger partial charge is 0.252 e. The summed E-state index contributed by atoms with van der Waals surface area (Å²) in [6.45, 7) is 2.95. The van der Waals surface area contributed by atoms with E-state index >= 15 is 0 Å². The molecule has 1 aromatic heterocycles. The largest absolute Gasteiger partial charge is 0.368 e. The van der Waals surface area contributed by atoms with Crippen LogP contribution in [0.4, 0.5) is 5.82 Å². The van der Waals surface area contributed by atoms with Crippen LogP contribution in [0.15, 0.2) is 30.6 Å². The molecule has 0 saturated heterocycles. The predicted octanol–water partition coefficient (Wildman–Crippen LogP) is 1.66. The normalized spacial score (nSPS) is 13.7. The van der Waals surface area contributed by atoms with E-state index in [1.54, 1.807) is 30.6 Å². The van der Waals surface area contributed by atoms with E-state index in [9.17, 15) is 4.79 Å². The van der Waals surface area contributed by atoms with Crippen molar-refractivity contribution in [1.29, 1.82) is 0 Å². The number of benzene rings is 1. The molecule has 0 radical (unpaired) electrons. The molecule has 0 saturated carbocycles. The van der Waals surface area contributed by atoms with Gasteiger partial charge in [0, 0.05) is 31.6 Å². The summed E-state index contributed by atoms with van der Waals surface area (Å²) in [7, 11) is 0. The van der Waals surface area contributed by atoms with Gasteiger partial charge in [-0.1, -0.05) is 23.7 Å². The maximum absolute atomic E-state index is 12.1. The molecule has 1 aliphatic rings. The third-order valence-corrected chi connectivity index (χ3v) is 4.28. The summed E-state index contributed by atoms with van der Waals surface area (Å²) in [4.78, 5) is 20.8. The van der Waals surface area contributed by atoms with Crippen LogP contribution in [0.1, 0.15) is 21.6 Å². The van der Waals surface area contributed by atoms with E-state index in [2.05, 4.69) is 25.9 Å². The second-order valence-electron chi connectivity index (χ2n) is 5.56. The van der Waals surface area contributed by atoms with Gasteiger partial charge in [0.1, 0.15) is 12.1 Å². The third-order valence-electron chi connectivity index (χ3n) is 3.95. The van der Waals surface area contributed by atoms with E-state index < -0.39 is 0 Å². The standard InChI is InChI=1S/C17H20ClN5O/c18-14-4-2-1-3-12(14)17(24)21-10-9-20-16-13-5-7-19-8-6-15(13)22-11-23-16/h1-4,11,19H,5-10H2,(H,21,24)(H,20,22,23). The predicted molar refractivity (Wildman–Crippen MR) is 94.6 cm³/mol. The minimum atomic E-state index is -0.173. The van der Waals surface area contributed by atoms with Gasteiger partial charge in [-0.2, -0.15) is 0 Å². The molecular weight excluding hydrogens is 326 g/mol. The number of nitrogens with one attached hydrogen (secondary N) is 3. The van der Waals surface area contributed by atoms with Gasteiger partial charge in [-0.15, -0.1) is 0 Å². The number of nitrogens with zero attached hydrogens (tertiary/aromatic N) is 2. The molecule has 1 aliphatic heterocycles. The number of carbonyl (C=O) groups excluding carboxylic acids is 1. The SMILES string of the molecule is O=C(NCCNc1ncnc2c1CCNCC2)c1ccccc1Cl. The molecule has 7 heteroatoms. The minimum absolute atomic E-state index is 0.173. The maximum atomic E-state index is 12.1. The number of rotatable bonds is 5. The zero-order valence-corrected chi connectivity index (χ0v) is 14.1. The molecule has 1 aromatic carbocycles. The second kappa shape index (κ2) is 8.08. The van der Waals surface area contributed by atoms with Crippen molar-refractivity contribution in [3.8, 4) is 0 Å². The first-order chi connectivity index (χ1) is 11.8. The average Bonchev–Trinajstić information content (AvgIpc) is 2.85. The minimum Gasteiger partial charge on any atom is -0.368 e.